The van der Waals surface area contributed by atoms with Crippen LogP contribution in [-0.2, 0) is 22.6 Å². The van der Waals surface area contributed by atoms with Crippen LogP contribution in [0.5, 0.6) is 17.2 Å². The second kappa shape index (κ2) is 13.2. The number of para-hydroxylation sites is 1. The summed E-state index contributed by atoms with van der Waals surface area (Å²) in [5.74, 6) is 1.60. The number of carbonyl (C=O) groups is 2. The van der Waals surface area contributed by atoms with E-state index in [0.29, 0.717) is 23.7 Å². The number of benzene rings is 4. The van der Waals surface area contributed by atoms with Crippen LogP contribution in [0, 0.1) is 6.92 Å². The summed E-state index contributed by atoms with van der Waals surface area (Å²) in [4.78, 5) is 26.4. The molecule has 0 saturated heterocycles. The van der Waals surface area contributed by atoms with Crippen molar-refractivity contribution in [2.75, 3.05) is 13.7 Å². The van der Waals surface area contributed by atoms with E-state index >= 15 is 0 Å². The summed E-state index contributed by atoms with van der Waals surface area (Å²) < 4.78 is 16.9. The molecule has 1 N–H and O–H groups in total. The number of hydrogen-bond donors (Lipinski definition) is 1. The van der Waals surface area contributed by atoms with E-state index in [2.05, 4.69) is 5.32 Å². The number of Topliss-reactive ketones (excluding diaryl/α,β-unsaturated/α-hetero) is 1. The van der Waals surface area contributed by atoms with Gasteiger partial charge in [-0.1, -0.05) is 60.7 Å². The van der Waals surface area contributed by atoms with Gasteiger partial charge in [0.2, 0.25) is 0 Å². The maximum Gasteiger partial charge on any atom is 0.252 e. The first-order valence-corrected chi connectivity index (χ1v) is 12.4. The van der Waals surface area contributed by atoms with E-state index in [-0.39, 0.29) is 24.7 Å². The zero-order valence-corrected chi connectivity index (χ0v) is 21.6. The molecule has 0 aliphatic carbocycles. The third-order valence-electron chi connectivity index (χ3n) is 6.05. The molecule has 194 valence electrons. The van der Waals surface area contributed by atoms with Gasteiger partial charge in [0.25, 0.3) is 5.91 Å². The zero-order chi connectivity index (χ0) is 26.7. The fraction of sp³-hybridized carbons (Fsp3) is 0.188. The van der Waals surface area contributed by atoms with Crippen LogP contribution in [0.25, 0.3) is 0 Å². The lowest BCUT2D eigenvalue weighted by Gasteiger charge is -2.19. The number of rotatable bonds is 12. The van der Waals surface area contributed by atoms with E-state index in [9.17, 15) is 9.59 Å². The van der Waals surface area contributed by atoms with Gasteiger partial charge in [0.1, 0.15) is 23.3 Å². The quantitative estimate of drug-likeness (QED) is 0.257. The number of carbonyl (C=O) groups excluding carboxylic acids is 2. The van der Waals surface area contributed by atoms with Crippen LogP contribution in [0.4, 0.5) is 0 Å². The highest BCUT2D eigenvalue weighted by atomic mass is 16.5. The monoisotopic (exact) mass is 509 g/mol. The SMILES string of the molecule is COc1ccc(C(=O)NC(COCc2ccccc2)C(=O)Cc2ccc(Oc3ccccc3)cc2)c(C)c1. The third kappa shape index (κ3) is 7.54. The molecule has 0 aliphatic rings. The number of amides is 1. The topological polar surface area (TPSA) is 73.9 Å². The second-order valence-electron chi connectivity index (χ2n) is 8.91. The molecule has 0 radical (unpaired) electrons. The van der Waals surface area contributed by atoms with Crippen molar-refractivity contribution in [2.24, 2.45) is 0 Å². The molecule has 1 amide bonds. The largest absolute Gasteiger partial charge is 0.497 e. The minimum atomic E-state index is -0.812. The van der Waals surface area contributed by atoms with Crippen molar-refractivity contribution in [3.8, 4) is 17.2 Å². The number of methoxy groups -OCH3 is 1. The molecule has 38 heavy (non-hydrogen) atoms. The van der Waals surface area contributed by atoms with Crippen molar-refractivity contribution < 1.29 is 23.8 Å². The van der Waals surface area contributed by atoms with Gasteiger partial charge >= 0.3 is 0 Å². The van der Waals surface area contributed by atoms with Crippen LogP contribution in [0.15, 0.2) is 103 Å². The second-order valence-corrected chi connectivity index (χ2v) is 8.91. The molecular weight excluding hydrogens is 478 g/mol. The Labute approximate surface area is 223 Å². The smallest absolute Gasteiger partial charge is 0.252 e. The first-order valence-electron chi connectivity index (χ1n) is 12.4. The summed E-state index contributed by atoms with van der Waals surface area (Å²) in [6, 6.07) is 31.0. The number of hydrogen-bond acceptors (Lipinski definition) is 5. The standard InChI is InChI=1S/C32H31NO5/c1-23-19-28(36-2)17-18-29(23)32(35)33-30(22-37-21-25-9-5-3-6-10-25)31(34)20-24-13-15-27(16-14-24)38-26-11-7-4-8-12-26/h3-19,30H,20-22H2,1-2H3,(H,33,35). The summed E-state index contributed by atoms with van der Waals surface area (Å²) in [7, 11) is 1.58. The van der Waals surface area contributed by atoms with E-state index in [1.54, 1.807) is 25.3 Å². The van der Waals surface area contributed by atoms with Gasteiger partial charge in [0.15, 0.2) is 5.78 Å². The third-order valence-corrected chi connectivity index (χ3v) is 6.05. The highest BCUT2D eigenvalue weighted by Crippen LogP contribution is 2.22. The minimum absolute atomic E-state index is 0.0594. The van der Waals surface area contributed by atoms with Gasteiger partial charge in [-0.05, 0) is 66.1 Å². The van der Waals surface area contributed by atoms with E-state index in [4.69, 9.17) is 14.2 Å². The molecule has 6 heteroatoms. The molecule has 0 aliphatic heterocycles. The fourth-order valence-electron chi connectivity index (χ4n) is 3.96. The van der Waals surface area contributed by atoms with E-state index in [0.717, 1.165) is 22.4 Å². The molecule has 1 unspecified atom stereocenters. The molecule has 0 spiro atoms. The number of ketones is 1. The number of ether oxygens (including phenoxy) is 3. The lowest BCUT2D eigenvalue weighted by atomic mass is 10.0. The molecule has 4 aromatic rings. The summed E-state index contributed by atoms with van der Waals surface area (Å²) in [6.07, 6.45) is 0.146. The minimum Gasteiger partial charge on any atom is -0.497 e. The lowest BCUT2D eigenvalue weighted by Crippen LogP contribution is -2.45. The first kappa shape index (κ1) is 26.6. The Morgan fingerprint density at radius 2 is 1.39 bits per heavy atom. The zero-order valence-electron chi connectivity index (χ0n) is 21.6. The normalized spacial score (nSPS) is 11.4. The number of aryl methyl sites for hydroxylation is 1. The fourth-order valence-corrected chi connectivity index (χ4v) is 3.96. The maximum absolute atomic E-state index is 13.3. The van der Waals surface area contributed by atoms with Crippen molar-refractivity contribution in [3.63, 3.8) is 0 Å². The molecule has 0 saturated carbocycles. The molecule has 4 rings (SSSR count). The average molecular weight is 510 g/mol. The first-order chi connectivity index (χ1) is 18.5. The predicted molar refractivity (Wildman–Crippen MR) is 147 cm³/mol. The molecule has 1 atom stereocenters. The summed E-state index contributed by atoms with van der Waals surface area (Å²) in [5, 5.41) is 2.88. The predicted octanol–water partition coefficient (Wildman–Crippen LogP) is 5.92. The van der Waals surface area contributed by atoms with E-state index in [1.165, 1.54) is 0 Å². The Morgan fingerprint density at radius 3 is 2.05 bits per heavy atom. The van der Waals surface area contributed by atoms with Gasteiger partial charge in [-0.15, -0.1) is 0 Å². The average Bonchev–Trinajstić information content (AvgIpc) is 2.94. The van der Waals surface area contributed by atoms with Crippen molar-refractivity contribution >= 4 is 11.7 Å². The summed E-state index contributed by atoms with van der Waals surface area (Å²) in [6.45, 7) is 2.23. The Bertz CT molecular complexity index is 1340. The maximum atomic E-state index is 13.3. The van der Waals surface area contributed by atoms with Crippen LogP contribution < -0.4 is 14.8 Å². The van der Waals surface area contributed by atoms with Crippen molar-refractivity contribution in [1.82, 2.24) is 5.32 Å². The Kier molecular flexibility index (Phi) is 9.27. The van der Waals surface area contributed by atoms with Crippen LogP contribution in [0.1, 0.15) is 27.0 Å². The highest BCUT2D eigenvalue weighted by molar-refractivity contribution is 5.99. The van der Waals surface area contributed by atoms with Gasteiger partial charge in [0, 0.05) is 12.0 Å². The van der Waals surface area contributed by atoms with Gasteiger partial charge < -0.3 is 19.5 Å². The Hall–Kier alpha value is -4.42. The highest BCUT2D eigenvalue weighted by Gasteiger charge is 2.23. The van der Waals surface area contributed by atoms with Crippen LogP contribution >= 0.6 is 0 Å². The summed E-state index contributed by atoms with van der Waals surface area (Å²) >= 11 is 0. The van der Waals surface area contributed by atoms with Gasteiger partial charge in [0.05, 0.1) is 20.3 Å². The van der Waals surface area contributed by atoms with Crippen molar-refractivity contribution in [2.45, 2.75) is 26.0 Å². The van der Waals surface area contributed by atoms with Crippen molar-refractivity contribution in [1.29, 1.82) is 0 Å². The van der Waals surface area contributed by atoms with Crippen molar-refractivity contribution in [3.05, 3.63) is 125 Å². The molecular formula is C32H31NO5. The van der Waals surface area contributed by atoms with Crippen LogP contribution in [0.3, 0.4) is 0 Å². The van der Waals surface area contributed by atoms with E-state index < -0.39 is 6.04 Å². The van der Waals surface area contributed by atoms with Gasteiger partial charge in [-0.25, -0.2) is 0 Å². The number of nitrogens with one attached hydrogen (secondary N) is 1. The van der Waals surface area contributed by atoms with Gasteiger partial charge in [-0.3, -0.25) is 9.59 Å². The molecule has 0 fully saturated rings. The van der Waals surface area contributed by atoms with E-state index in [1.807, 2.05) is 91.9 Å². The summed E-state index contributed by atoms with van der Waals surface area (Å²) in [5.41, 5.74) is 3.05. The molecule has 0 bridgehead atoms. The Morgan fingerprint density at radius 1 is 0.763 bits per heavy atom. The molecule has 0 aromatic heterocycles. The van der Waals surface area contributed by atoms with Crippen LogP contribution in [0.2, 0.25) is 0 Å². The molecule has 6 nitrogen and oxygen atoms in total. The van der Waals surface area contributed by atoms with Gasteiger partial charge in [-0.2, -0.15) is 0 Å². The molecule has 0 heterocycles. The lowest BCUT2D eigenvalue weighted by molar-refractivity contribution is -0.121. The molecule has 4 aromatic carbocycles. The Balaban J connectivity index is 1.43. The van der Waals surface area contributed by atoms with Crippen LogP contribution in [-0.4, -0.2) is 31.4 Å².